The average molecular weight is 317 g/mol. The summed E-state index contributed by atoms with van der Waals surface area (Å²) in [6.07, 6.45) is 1.07. The molecular formula is C20H25ClO. The van der Waals surface area contributed by atoms with Gasteiger partial charge in [-0.15, -0.1) is 0 Å². The van der Waals surface area contributed by atoms with Crippen LogP contribution in [0.1, 0.15) is 46.6 Å². The second kappa shape index (κ2) is 5.96. The van der Waals surface area contributed by atoms with Crippen molar-refractivity contribution in [2.75, 3.05) is 0 Å². The van der Waals surface area contributed by atoms with Crippen LogP contribution >= 0.6 is 11.6 Å². The molecule has 0 heterocycles. The van der Waals surface area contributed by atoms with E-state index in [1.54, 1.807) is 6.07 Å². The normalized spacial score (nSPS) is 12.5. The van der Waals surface area contributed by atoms with E-state index in [0.29, 0.717) is 5.02 Å². The van der Waals surface area contributed by atoms with Crippen molar-refractivity contribution in [2.24, 2.45) is 5.41 Å². The number of hydrogen-bond donors (Lipinski definition) is 1. The highest BCUT2D eigenvalue weighted by Crippen LogP contribution is 2.40. The monoisotopic (exact) mass is 316 g/mol. The Bertz CT molecular complexity index is 666. The molecule has 0 saturated heterocycles. The Kier molecular flexibility index (Phi) is 4.58. The van der Waals surface area contributed by atoms with Crippen LogP contribution in [0.2, 0.25) is 5.02 Å². The highest BCUT2D eigenvalue weighted by molar-refractivity contribution is 6.30. The summed E-state index contributed by atoms with van der Waals surface area (Å²) >= 11 is 6.08. The van der Waals surface area contributed by atoms with Crippen LogP contribution in [0.5, 0.6) is 5.75 Å². The van der Waals surface area contributed by atoms with Crippen molar-refractivity contribution in [1.82, 2.24) is 0 Å². The van der Waals surface area contributed by atoms with Gasteiger partial charge in [-0.1, -0.05) is 64.4 Å². The summed E-state index contributed by atoms with van der Waals surface area (Å²) in [4.78, 5) is 0. The van der Waals surface area contributed by atoms with Gasteiger partial charge in [-0.2, -0.15) is 0 Å². The number of benzene rings is 2. The van der Waals surface area contributed by atoms with Crippen LogP contribution in [0.25, 0.3) is 11.1 Å². The molecule has 0 amide bonds. The molecule has 2 aromatic rings. The van der Waals surface area contributed by atoms with Gasteiger partial charge < -0.3 is 5.11 Å². The summed E-state index contributed by atoms with van der Waals surface area (Å²) < 4.78 is 0. The molecule has 0 bridgehead atoms. The number of phenols is 1. The zero-order valence-corrected chi connectivity index (χ0v) is 14.8. The predicted molar refractivity (Wildman–Crippen MR) is 95.7 cm³/mol. The van der Waals surface area contributed by atoms with E-state index in [1.165, 1.54) is 5.56 Å². The molecule has 0 aliphatic carbocycles. The molecule has 0 unspecified atom stereocenters. The maximum absolute atomic E-state index is 10.2. The van der Waals surface area contributed by atoms with Crippen LogP contribution in [0.3, 0.4) is 0 Å². The second-order valence-corrected chi connectivity index (χ2v) is 8.30. The minimum atomic E-state index is 0.0409. The standard InChI is InChI=1S/C20H25ClO/c1-19(2,3)13-20(4,5)15-9-10-18(22)17(12-15)14-7-6-8-16(21)11-14/h6-12,22H,13H2,1-5H3. The minimum Gasteiger partial charge on any atom is -0.507 e. The molecule has 22 heavy (non-hydrogen) atoms. The molecule has 2 heteroatoms. The van der Waals surface area contributed by atoms with Crippen molar-refractivity contribution in [1.29, 1.82) is 0 Å². The molecule has 0 spiro atoms. The molecule has 0 saturated carbocycles. The largest absolute Gasteiger partial charge is 0.507 e. The average Bonchev–Trinajstić information content (AvgIpc) is 2.36. The molecule has 0 aliphatic rings. The summed E-state index contributed by atoms with van der Waals surface area (Å²) in [5, 5.41) is 10.9. The van der Waals surface area contributed by atoms with Crippen LogP contribution in [-0.4, -0.2) is 5.11 Å². The summed E-state index contributed by atoms with van der Waals surface area (Å²) in [6, 6.07) is 13.5. The molecule has 0 aliphatic heterocycles. The van der Waals surface area contributed by atoms with Crippen LogP contribution < -0.4 is 0 Å². The van der Waals surface area contributed by atoms with E-state index in [4.69, 9.17) is 11.6 Å². The molecule has 0 fully saturated rings. The van der Waals surface area contributed by atoms with Gasteiger partial charge in [0.2, 0.25) is 0 Å². The van der Waals surface area contributed by atoms with Gasteiger partial charge in [0.25, 0.3) is 0 Å². The Labute approximate surface area is 139 Å². The Balaban J connectivity index is 2.47. The van der Waals surface area contributed by atoms with Crippen molar-refractivity contribution in [3.63, 3.8) is 0 Å². The van der Waals surface area contributed by atoms with Gasteiger partial charge in [-0.3, -0.25) is 0 Å². The third kappa shape index (κ3) is 4.04. The third-order valence-corrected chi connectivity index (χ3v) is 4.12. The van der Waals surface area contributed by atoms with Gasteiger partial charge in [-0.25, -0.2) is 0 Å². The Morgan fingerprint density at radius 2 is 1.64 bits per heavy atom. The van der Waals surface area contributed by atoms with Crippen LogP contribution in [0, 0.1) is 5.41 Å². The molecule has 1 N–H and O–H groups in total. The van der Waals surface area contributed by atoms with E-state index in [9.17, 15) is 5.11 Å². The first-order valence-corrected chi connectivity index (χ1v) is 8.06. The zero-order valence-electron chi connectivity index (χ0n) is 14.1. The topological polar surface area (TPSA) is 20.2 Å². The van der Waals surface area contributed by atoms with Gasteiger partial charge in [0, 0.05) is 10.6 Å². The molecular weight excluding hydrogens is 292 g/mol. The van der Waals surface area contributed by atoms with Gasteiger partial charge >= 0.3 is 0 Å². The number of phenolic OH excluding ortho intramolecular Hbond substituents is 1. The second-order valence-electron chi connectivity index (χ2n) is 7.86. The number of aromatic hydroxyl groups is 1. The van der Waals surface area contributed by atoms with E-state index >= 15 is 0 Å². The molecule has 118 valence electrons. The molecule has 2 aromatic carbocycles. The van der Waals surface area contributed by atoms with Crippen LogP contribution in [0.4, 0.5) is 0 Å². The fourth-order valence-corrected chi connectivity index (χ4v) is 3.46. The SMILES string of the molecule is CC(C)(C)CC(C)(C)c1ccc(O)c(-c2cccc(Cl)c2)c1. The van der Waals surface area contributed by atoms with E-state index in [2.05, 4.69) is 40.7 Å². The lowest BCUT2D eigenvalue weighted by Gasteiger charge is -2.33. The van der Waals surface area contributed by atoms with E-state index in [1.807, 2.05) is 30.3 Å². The summed E-state index contributed by atoms with van der Waals surface area (Å²) in [6.45, 7) is 11.3. The molecule has 0 atom stereocenters. The lowest BCUT2D eigenvalue weighted by molar-refractivity contribution is 0.284. The van der Waals surface area contributed by atoms with E-state index in [-0.39, 0.29) is 16.6 Å². The van der Waals surface area contributed by atoms with E-state index in [0.717, 1.165) is 17.5 Å². The van der Waals surface area contributed by atoms with Gasteiger partial charge in [0.05, 0.1) is 0 Å². The van der Waals surface area contributed by atoms with Gasteiger partial charge in [0.15, 0.2) is 0 Å². The van der Waals surface area contributed by atoms with Crippen molar-refractivity contribution < 1.29 is 5.11 Å². The van der Waals surface area contributed by atoms with Crippen molar-refractivity contribution >= 4 is 11.6 Å². The summed E-state index contributed by atoms with van der Waals surface area (Å²) in [5.41, 5.74) is 3.30. The summed E-state index contributed by atoms with van der Waals surface area (Å²) in [7, 11) is 0. The number of halogens is 1. The molecule has 0 aromatic heterocycles. The number of rotatable bonds is 3. The zero-order chi connectivity index (χ0) is 16.5. The Hall–Kier alpha value is -1.47. The third-order valence-electron chi connectivity index (χ3n) is 3.89. The first kappa shape index (κ1) is 16.9. The first-order chi connectivity index (χ1) is 10.1. The van der Waals surface area contributed by atoms with Crippen molar-refractivity contribution in [3.05, 3.63) is 53.1 Å². The highest BCUT2D eigenvalue weighted by atomic mass is 35.5. The van der Waals surface area contributed by atoms with Crippen LogP contribution in [-0.2, 0) is 5.41 Å². The Morgan fingerprint density at radius 1 is 0.955 bits per heavy atom. The van der Waals surface area contributed by atoms with Gasteiger partial charge in [0.1, 0.15) is 5.75 Å². The van der Waals surface area contributed by atoms with E-state index < -0.39 is 0 Å². The Morgan fingerprint density at radius 3 is 2.23 bits per heavy atom. The molecule has 1 nitrogen and oxygen atoms in total. The maximum atomic E-state index is 10.2. The predicted octanol–water partition coefficient (Wildman–Crippen LogP) is 6.43. The maximum Gasteiger partial charge on any atom is 0.123 e. The first-order valence-electron chi connectivity index (χ1n) is 7.68. The lowest BCUT2D eigenvalue weighted by atomic mass is 9.72. The van der Waals surface area contributed by atoms with Crippen molar-refractivity contribution in [3.8, 4) is 16.9 Å². The smallest absolute Gasteiger partial charge is 0.123 e. The van der Waals surface area contributed by atoms with Crippen molar-refractivity contribution in [2.45, 2.75) is 46.5 Å². The van der Waals surface area contributed by atoms with Crippen LogP contribution in [0.15, 0.2) is 42.5 Å². The van der Waals surface area contributed by atoms with Gasteiger partial charge in [-0.05, 0) is 52.6 Å². The molecule has 2 rings (SSSR count). The quantitative estimate of drug-likeness (QED) is 0.692. The molecule has 0 radical (unpaired) electrons. The fraction of sp³-hybridized carbons (Fsp3) is 0.400. The lowest BCUT2D eigenvalue weighted by Crippen LogP contribution is -2.24. The summed E-state index contributed by atoms with van der Waals surface area (Å²) in [5.74, 6) is 0.289. The minimum absolute atomic E-state index is 0.0409. The highest BCUT2D eigenvalue weighted by Gasteiger charge is 2.27. The fourth-order valence-electron chi connectivity index (χ4n) is 3.27. The number of hydrogen-bond acceptors (Lipinski definition) is 1.